The highest BCUT2D eigenvalue weighted by Crippen LogP contribution is 2.27. The number of halogens is 1. The third kappa shape index (κ3) is 4.14. The second-order valence-electron chi connectivity index (χ2n) is 8.77. The van der Waals surface area contributed by atoms with Crippen molar-refractivity contribution in [2.24, 2.45) is 5.92 Å². The molecule has 7 nitrogen and oxygen atoms in total. The summed E-state index contributed by atoms with van der Waals surface area (Å²) < 4.78 is 16.6. The average Bonchev–Trinajstić information content (AvgIpc) is 3.18. The Labute approximate surface area is 184 Å². The van der Waals surface area contributed by atoms with Crippen molar-refractivity contribution in [1.29, 1.82) is 0 Å². The van der Waals surface area contributed by atoms with Crippen molar-refractivity contribution in [2.75, 3.05) is 19.6 Å². The van der Waals surface area contributed by atoms with Crippen LogP contribution in [-0.2, 0) is 6.54 Å². The molecule has 3 aromatic heterocycles. The monoisotopic (exact) mass is 435 g/mol. The number of pyridine rings is 2. The maximum Gasteiger partial charge on any atom is 0.270 e. The van der Waals surface area contributed by atoms with Gasteiger partial charge in [0.05, 0.1) is 18.4 Å². The second-order valence-corrected chi connectivity index (χ2v) is 8.77. The van der Waals surface area contributed by atoms with Crippen molar-refractivity contribution >= 4 is 17.2 Å². The number of likely N-dealkylation sites (tertiary alicyclic amines) is 1. The smallest absolute Gasteiger partial charge is 0.270 e. The Morgan fingerprint density at radius 1 is 1.09 bits per heavy atom. The quantitative estimate of drug-likeness (QED) is 0.595. The zero-order valence-electron chi connectivity index (χ0n) is 17.9. The first-order chi connectivity index (χ1) is 15.6. The SMILES string of the molecule is O=c1ccc2ncc(=O)n3c2n1C[C@H]3CN1CCC(CC/C=C/c2cncc(F)c2)CC1. The van der Waals surface area contributed by atoms with E-state index in [2.05, 4.69) is 20.9 Å². The minimum Gasteiger partial charge on any atom is -0.301 e. The van der Waals surface area contributed by atoms with Crippen LogP contribution in [0.1, 0.15) is 37.3 Å². The molecule has 0 aliphatic carbocycles. The topological polar surface area (TPSA) is 73.0 Å². The molecule has 0 unspecified atom stereocenters. The van der Waals surface area contributed by atoms with E-state index in [4.69, 9.17) is 0 Å². The number of allylic oxidation sites excluding steroid dienone is 1. The average molecular weight is 436 g/mol. The van der Waals surface area contributed by atoms with Crippen molar-refractivity contribution in [3.8, 4) is 0 Å². The molecule has 5 rings (SSSR count). The Hall–Kier alpha value is -3.13. The normalized spacial score (nSPS) is 19.3. The molecule has 32 heavy (non-hydrogen) atoms. The first-order valence-electron chi connectivity index (χ1n) is 11.2. The number of aromatic nitrogens is 4. The molecule has 0 radical (unpaired) electrons. The number of hydrogen-bond acceptors (Lipinski definition) is 5. The van der Waals surface area contributed by atoms with Crippen molar-refractivity contribution < 1.29 is 4.39 Å². The van der Waals surface area contributed by atoms with E-state index in [0.717, 1.165) is 50.9 Å². The fraction of sp³-hybridized carbons (Fsp3) is 0.417. The molecule has 1 saturated heterocycles. The fourth-order valence-electron chi connectivity index (χ4n) is 4.99. The van der Waals surface area contributed by atoms with E-state index in [9.17, 15) is 14.0 Å². The van der Waals surface area contributed by atoms with E-state index in [1.165, 1.54) is 24.5 Å². The van der Waals surface area contributed by atoms with Crippen LogP contribution < -0.4 is 11.1 Å². The van der Waals surface area contributed by atoms with Crippen molar-refractivity contribution in [3.63, 3.8) is 0 Å². The first-order valence-corrected chi connectivity index (χ1v) is 11.2. The third-order valence-electron chi connectivity index (χ3n) is 6.63. The Bertz CT molecular complexity index is 1270. The standard InChI is InChI=1S/C24H26FN5O2/c25-19-11-18(12-26-13-19)4-2-1-3-17-7-9-28(10-8-17)15-20-16-29-22(31)6-5-21-24(29)30(20)23(32)14-27-21/h2,4-6,11-14,17,20H,1,3,7-10,15-16H2/b4-2+/t20-/m1/s1. The van der Waals surface area contributed by atoms with Gasteiger partial charge in [-0.15, -0.1) is 0 Å². The van der Waals surface area contributed by atoms with Gasteiger partial charge in [-0.25, -0.2) is 9.37 Å². The van der Waals surface area contributed by atoms with Gasteiger partial charge in [-0.05, 0) is 62.4 Å². The highest BCUT2D eigenvalue weighted by Gasteiger charge is 2.29. The lowest BCUT2D eigenvalue weighted by atomic mass is 9.92. The number of nitrogens with zero attached hydrogens (tertiary/aromatic N) is 5. The van der Waals surface area contributed by atoms with E-state index < -0.39 is 0 Å². The van der Waals surface area contributed by atoms with E-state index >= 15 is 0 Å². The van der Waals surface area contributed by atoms with E-state index in [1.807, 2.05) is 6.08 Å². The Balaban J connectivity index is 1.15. The predicted octanol–water partition coefficient (Wildman–Crippen LogP) is 2.85. The Morgan fingerprint density at radius 2 is 1.94 bits per heavy atom. The van der Waals surface area contributed by atoms with Gasteiger partial charge >= 0.3 is 0 Å². The Kier molecular flexibility index (Phi) is 5.70. The van der Waals surface area contributed by atoms with Crippen LogP contribution in [0.25, 0.3) is 17.2 Å². The lowest BCUT2D eigenvalue weighted by Gasteiger charge is -2.33. The van der Waals surface area contributed by atoms with Crippen molar-refractivity contribution in [2.45, 2.75) is 38.3 Å². The van der Waals surface area contributed by atoms with Crippen LogP contribution >= 0.6 is 0 Å². The molecule has 2 aliphatic heterocycles. The summed E-state index contributed by atoms with van der Waals surface area (Å²) in [6, 6.07) is 4.66. The minimum atomic E-state index is -0.315. The molecule has 0 amide bonds. The van der Waals surface area contributed by atoms with Gasteiger partial charge in [0.15, 0.2) is 0 Å². The summed E-state index contributed by atoms with van der Waals surface area (Å²) in [5.74, 6) is 0.352. The van der Waals surface area contributed by atoms with E-state index in [1.54, 1.807) is 21.4 Å². The summed E-state index contributed by atoms with van der Waals surface area (Å²) in [4.78, 5) is 35.3. The maximum absolute atomic E-state index is 13.2. The molecule has 1 atom stereocenters. The van der Waals surface area contributed by atoms with Crippen LogP contribution in [0.4, 0.5) is 4.39 Å². The van der Waals surface area contributed by atoms with E-state index in [-0.39, 0.29) is 23.0 Å². The maximum atomic E-state index is 13.2. The van der Waals surface area contributed by atoms with Crippen molar-refractivity contribution in [3.05, 3.63) is 75.0 Å². The van der Waals surface area contributed by atoms with Crippen molar-refractivity contribution in [1.82, 2.24) is 24.0 Å². The van der Waals surface area contributed by atoms with E-state index in [0.29, 0.717) is 23.6 Å². The molecule has 0 bridgehead atoms. The summed E-state index contributed by atoms with van der Waals surface area (Å²) in [7, 11) is 0. The van der Waals surface area contributed by atoms with Gasteiger partial charge in [0.1, 0.15) is 17.0 Å². The van der Waals surface area contributed by atoms with Gasteiger partial charge in [-0.3, -0.25) is 23.7 Å². The molecule has 0 saturated carbocycles. The van der Waals surface area contributed by atoms with Gasteiger partial charge < -0.3 is 4.90 Å². The fourth-order valence-corrected chi connectivity index (χ4v) is 4.99. The van der Waals surface area contributed by atoms with Crippen LogP contribution in [0, 0.1) is 11.7 Å². The van der Waals surface area contributed by atoms with Crippen LogP contribution in [-0.4, -0.2) is 43.6 Å². The van der Waals surface area contributed by atoms with Gasteiger partial charge in [-0.1, -0.05) is 12.2 Å². The molecule has 1 fully saturated rings. The molecule has 2 aliphatic rings. The summed E-state index contributed by atoms with van der Waals surface area (Å²) in [6.07, 6.45) is 12.6. The lowest BCUT2D eigenvalue weighted by molar-refractivity contribution is 0.157. The number of rotatable bonds is 6. The summed E-state index contributed by atoms with van der Waals surface area (Å²) in [6.45, 7) is 3.27. The largest absolute Gasteiger partial charge is 0.301 e. The van der Waals surface area contributed by atoms with Crippen LogP contribution in [0.2, 0.25) is 0 Å². The first kappa shape index (κ1) is 20.8. The highest BCUT2D eigenvalue weighted by molar-refractivity contribution is 5.71. The van der Waals surface area contributed by atoms with Gasteiger partial charge in [0.2, 0.25) is 0 Å². The van der Waals surface area contributed by atoms with Gasteiger partial charge in [0.25, 0.3) is 11.1 Å². The second kappa shape index (κ2) is 8.78. The molecular formula is C24H26FN5O2. The molecule has 8 heteroatoms. The summed E-state index contributed by atoms with van der Waals surface area (Å²) in [5.41, 5.74) is 1.89. The molecule has 5 heterocycles. The number of piperidine rings is 1. The predicted molar refractivity (Wildman–Crippen MR) is 121 cm³/mol. The van der Waals surface area contributed by atoms with Crippen LogP contribution in [0.3, 0.4) is 0 Å². The Morgan fingerprint density at radius 3 is 2.75 bits per heavy atom. The molecule has 0 aromatic carbocycles. The summed E-state index contributed by atoms with van der Waals surface area (Å²) in [5, 5.41) is 0. The number of hydrogen-bond donors (Lipinski definition) is 0. The molecule has 3 aromatic rings. The van der Waals surface area contributed by atoms with Gasteiger partial charge in [0, 0.05) is 25.4 Å². The molecule has 0 N–H and O–H groups in total. The highest BCUT2D eigenvalue weighted by atomic mass is 19.1. The van der Waals surface area contributed by atoms with Crippen LogP contribution in [0.15, 0.2) is 52.5 Å². The minimum absolute atomic E-state index is 0.0394. The third-order valence-corrected chi connectivity index (χ3v) is 6.63. The molecule has 166 valence electrons. The molecule has 0 spiro atoms. The zero-order chi connectivity index (χ0) is 22.1. The van der Waals surface area contributed by atoms with Crippen LogP contribution in [0.5, 0.6) is 0 Å². The zero-order valence-corrected chi connectivity index (χ0v) is 17.9. The lowest BCUT2D eigenvalue weighted by Crippen LogP contribution is -2.39. The molecular weight excluding hydrogens is 409 g/mol. The summed E-state index contributed by atoms with van der Waals surface area (Å²) >= 11 is 0. The van der Waals surface area contributed by atoms with Gasteiger partial charge in [-0.2, -0.15) is 0 Å².